The SMILES string of the molecule is CC(=O)OC1(C(=O)NC(C)C2C=CC=CC2)CCC(NC(=O)OC(C)(C)C)CC1. The molecule has 0 radical (unpaired) electrons. The van der Waals surface area contributed by atoms with E-state index in [0.717, 1.165) is 6.42 Å². The molecule has 0 aromatic rings. The van der Waals surface area contributed by atoms with Gasteiger partial charge in [0.15, 0.2) is 5.60 Å². The third-order valence-corrected chi connectivity index (χ3v) is 5.28. The standard InChI is InChI=1S/C22H34N2O5/c1-15(17-9-7-6-8-10-17)23-19(26)22(28-16(2)25)13-11-18(12-14-22)24-20(27)29-21(3,4)5/h6-9,15,17-18H,10-14H2,1-5H3,(H,23,26)(H,24,27). The van der Waals surface area contributed by atoms with E-state index in [9.17, 15) is 14.4 Å². The predicted octanol–water partition coefficient (Wildman–Crippen LogP) is 3.39. The first-order chi connectivity index (χ1) is 13.5. The van der Waals surface area contributed by atoms with Gasteiger partial charge in [-0.15, -0.1) is 0 Å². The van der Waals surface area contributed by atoms with E-state index in [2.05, 4.69) is 22.8 Å². The molecule has 0 bridgehead atoms. The topological polar surface area (TPSA) is 93.7 Å². The molecule has 29 heavy (non-hydrogen) atoms. The first-order valence-corrected chi connectivity index (χ1v) is 10.3. The molecule has 7 nitrogen and oxygen atoms in total. The fourth-order valence-electron chi connectivity index (χ4n) is 3.77. The van der Waals surface area contributed by atoms with Gasteiger partial charge in [0.25, 0.3) is 5.91 Å². The summed E-state index contributed by atoms with van der Waals surface area (Å²) in [7, 11) is 0. The first-order valence-electron chi connectivity index (χ1n) is 10.3. The van der Waals surface area contributed by atoms with Crippen LogP contribution in [0.2, 0.25) is 0 Å². The Balaban J connectivity index is 1.97. The number of ether oxygens (including phenoxy) is 2. The first kappa shape index (κ1) is 23.0. The summed E-state index contributed by atoms with van der Waals surface area (Å²) in [6.45, 7) is 8.70. The van der Waals surface area contributed by atoms with Gasteiger partial charge in [0.05, 0.1) is 0 Å². The number of allylic oxidation sites excluding steroid dienone is 3. The van der Waals surface area contributed by atoms with Crippen LogP contribution in [0, 0.1) is 5.92 Å². The maximum Gasteiger partial charge on any atom is 0.407 e. The minimum atomic E-state index is -1.19. The highest BCUT2D eigenvalue weighted by molar-refractivity contribution is 5.88. The summed E-state index contributed by atoms with van der Waals surface area (Å²) in [6.07, 6.45) is 10.3. The second-order valence-corrected chi connectivity index (χ2v) is 8.98. The number of hydrogen-bond donors (Lipinski definition) is 2. The monoisotopic (exact) mass is 406 g/mol. The van der Waals surface area contributed by atoms with Crippen LogP contribution >= 0.6 is 0 Å². The summed E-state index contributed by atoms with van der Waals surface area (Å²) >= 11 is 0. The quantitative estimate of drug-likeness (QED) is 0.683. The molecule has 0 saturated heterocycles. The summed E-state index contributed by atoms with van der Waals surface area (Å²) in [4.78, 5) is 36.8. The van der Waals surface area contributed by atoms with E-state index in [-0.39, 0.29) is 23.9 Å². The van der Waals surface area contributed by atoms with Crippen LogP contribution in [0.3, 0.4) is 0 Å². The lowest BCUT2D eigenvalue weighted by molar-refractivity contribution is -0.171. The van der Waals surface area contributed by atoms with Gasteiger partial charge in [0, 0.05) is 24.9 Å². The maximum atomic E-state index is 13.1. The lowest BCUT2D eigenvalue weighted by Gasteiger charge is -2.39. The van der Waals surface area contributed by atoms with Crippen LogP contribution in [-0.4, -0.2) is 41.3 Å². The lowest BCUT2D eigenvalue weighted by atomic mass is 9.80. The van der Waals surface area contributed by atoms with Crippen molar-refractivity contribution in [2.75, 3.05) is 0 Å². The molecular weight excluding hydrogens is 372 g/mol. The number of hydrogen-bond acceptors (Lipinski definition) is 5. The highest BCUT2D eigenvalue weighted by Crippen LogP contribution is 2.33. The average molecular weight is 407 g/mol. The van der Waals surface area contributed by atoms with Crippen LogP contribution in [0.15, 0.2) is 24.3 Å². The van der Waals surface area contributed by atoms with Gasteiger partial charge in [-0.1, -0.05) is 24.3 Å². The summed E-state index contributed by atoms with van der Waals surface area (Å²) in [5.41, 5.74) is -1.76. The summed E-state index contributed by atoms with van der Waals surface area (Å²) < 4.78 is 10.8. The van der Waals surface area contributed by atoms with Gasteiger partial charge >= 0.3 is 12.1 Å². The van der Waals surface area contributed by atoms with Crippen LogP contribution in [0.5, 0.6) is 0 Å². The molecule has 0 spiro atoms. The zero-order valence-corrected chi connectivity index (χ0v) is 18.1. The molecule has 2 rings (SSSR count). The molecule has 162 valence electrons. The van der Waals surface area contributed by atoms with Crippen LogP contribution < -0.4 is 10.6 Å². The Kier molecular flexibility index (Phi) is 7.49. The van der Waals surface area contributed by atoms with Gasteiger partial charge in [-0.25, -0.2) is 4.79 Å². The minimum absolute atomic E-state index is 0.0752. The van der Waals surface area contributed by atoms with E-state index in [4.69, 9.17) is 9.47 Å². The van der Waals surface area contributed by atoms with Gasteiger partial charge in [-0.2, -0.15) is 0 Å². The number of carbonyl (C=O) groups excluding carboxylic acids is 3. The second kappa shape index (κ2) is 9.46. The normalized spacial score (nSPS) is 27.6. The number of carbonyl (C=O) groups is 3. The van der Waals surface area contributed by atoms with Crippen molar-refractivity contribution in [3.63, 3.8) is 0 Å². The van der Waals surface area contributed by atoms with Gasteiger partial charge in [-0.05, 0) is 59.8 Å². The molecule has 2 aliphatic rings. The van der Waals surface area contributed by atoms with Crippen molar-refractivity contribution in [3.05, 3.63) is 24.3 Å². The molecule has 0 aliphatic heterocycles. The number of esters is 1. The number of rotatable bonds is 5. The van der Waals surface area contributed by atoms with Gasteiger partial charge < -0.3 is 20.1 Å². The van der Waals surface area contributed by atoms with Crippen LogP contribution in [0.4, 0.5) is 4.79 Å². The van der Waals surface area contributed by atoms with Gasteiger partial charge in [-0.3, -0.25) is 9.59 Å². The molecule has 2 atom stereocenters. The Morgan fingerprint density at radius 3 is 2.31 bits per heavy atom. The van der Waals surface area contributed by atoms with Crippen molar-refractivity contribution in [1.29, 1.82) is 0 Å². The molecule has 1 fully saturated rings. The molecule has 0 aromatic heterocycles. The minimum Gasteiger partial charge on any atom is -0.449 e. The molecular formula is C22H34N2O5. The van der Waals surface area contributed by atoms with E-state index in [0.29, 0.717) is 25.7 Å². The van der Waals surface area contributed by atoms with Crippen molar-refractivity contribution in [1.82, 2.24) is 10.6 Å². The Bertz CT molecular complexity index is 669. The molecule has 2 N–H and O–H groups in total. The largest absolute Gasteiger partial charge is 0.449 e. The van der Waals surface area contributed by atoms with Crippen molar-refractivity contribution in [2.24, 2.45) is 5.92 Å². The Labute approximate surface area is 173 Å². The number of amides is 2. The molecule has 2 unspecified atom stereocenters. The zero-order chi connectivity index (χ0) is 21.7. The van der Waals surface area contributed by atoms with Crippen molar-refractivity contribution in [3.8, 4) is 0 Å². The summed E-state index contributed by atoms with van der Waals surface area (Å²) in [5.74, 6) is -0.533. The van der Waals surface area contributed by atoms with Crippen LogP contribution in [0.1, 0.15) is 66.7 Å². The molecule has 1 saturated carbocycles. The Hall–Kier alpha value is -2.31. The van der Waals surface area contributed by atoms with E-state index in [1.165, 1.54) is 6.92 Å². The van der Waals surface area contributed by atoms with Crippen molar-refractivity contribution >= 4 is 18.0 Å². The number of alkyl carbamates (subject to hydrolysis) is 1. The maximum absolute atomic E-state index is 13.1. The smallest absolute Gasteiger partial charge is 0.407 e. The molecule has 2 amide bonds. The summed E-state index contributed by atoms with van der Waals surface area (Å²) in [5, 5.41) is 5.89. The molecule has 0 aromatic carbocycles. The zero-order valence-electron chi connectivity index (χ0n) is 18.1. The van der Waals surface area contributed by atoms with Crippen molar-refractivity contribution in [2.45, 2.75) is 90.0 Å². The summed E-state index contributed by atoms with van der Waals surface area (Å²) in [6, 6.07) is -0.195. The molecule has 0 heterocycles. The van der Waals surface area contributed by atoms with Crippen LogP contribution in [0.25, 0.3) is 0 Å². The lowest BCUT2D eigenvalue weighted by Crippen LogP contribution is -2.56. The Morgan fingerprint density at radius 1 is 1.14 bits per heavy atom. The van der Waals surface area contributed by atoms with Crippen molar-refractivity contribution < 1.29 is 23.9 Å². The Morgan fingerprint density at radius 2 is 1.79 bits per heavy atom. The average Bonchev–Trinajstić information content (AvgIpc) is 2.62. The second-order valence-electron chi connectivity index (χ2n) is 8.98. The third-order valence-electron chi connectivity index (χ3n) is 5.28. The predicted molar refractivity (Wildman–Crippen MR) is 110 cm³/mol. The fourth-order valence-corrected chi connectivity index (χ4v) is 3.77. The highest BCUT2D eigenvalue weighted by atomic mass is 16.6. The molecule has 2 aliphatic carbocycles. The van der Waals surface area contributed by atoms with E-state index in [1.54, 1.807) is 0 Å². The van der Waals surface area contributed by atoms with E-state index in [1.807, 2.05) is 39.8 Å². The highest BCUT2D eigenvalue weighted by Gasteiger charge is 2.46. The van der Waals surface area contributed by atoms with E-state index >= 15 is 0 Å². The molecule has 7 heteroatoms. The van der Waals surface area contributed by atoms with Gasteiger partial charge in [0.1, 0.15) is 5.60 Å². The van der Waals surface area contributed by atoms with E-state index < -0.39 is 23.3 Å². The number of nitrogens with one attached hydrogen (secondary N) is 2. The van der Waals surface area contributed by atoms with Gasteiger partial charge in [0.2, 0.25) is 0 Å². The van der Waals surface area contributed by atoms with Crippen LogP contribution in [-0.2, 0) is 19.1 Å². The fraction of sp³-hybridized carbons (Fsp3) is 0.682. The third kappa shape index (κ3) is 6.91.